The van der Waals surface area contributed by atoms with Crippen molar-refractivity contribution in [3.05, 3.63) is 95.1 Å². The first-order chi connectivity index (χ1) is 16.8. The van der Waals surface area contributed by atoms with Gasteiger partial charge in [-0.05, 0) is 53.6 Å². The summed E-state index contributed by atoms with van der Waals surface area (Å²) < 4.78 is 66.1. The average Bonchev–Trinajstić information content (AvgIpc) is 2.83. The van der Waals surface area contributed by atoms with Crippen molar-refractivity contribution in [3.63, 3.8) is 0 Å². The Labute approximate surface area is 202 Å². The Morgan fingerprint density at radius 3 is 1.97 bits per heavy atom. The van der Waals surface area contributed by atoms with Crippen LogP contribution in [0.15, 0.2) is 71.6 Å². The standard InChI is InChI=1S/C25H24F2N2O5S/c1-33-23-11-6-19(25(30)28-22-15-34-16-22)12-24(23)35(31,32)29(13-17-2-7-20(26)8-3-17)14-18-4-9-21(27)10-5-18/h2-12,22H,13-16H2,1H3,(H,28,30). The molecule has 7 nitrogen and oxygen atoms in total. The molecule has 0 aromatic heterocycles. The van der Waals surface area contributed by atoms with E-state index in [1.165, 1.54) is 78.1 Å². The van der Waals surface area contributed by atoms with Crippen molar-refractivity contribution >= 4 is 15.9 Å². The second-order valence-corrected chi connectivity index (χ2v) is 10.0. The number of sulfonamides is 1. The molecule has 0 atom stereocenters. The summed E-state index contributed by atoms with van der Waals surface area (Å²) in [7, 11) is -2.88. The average molecular weight is 503 g/mol. The molecule has 35 heavy (non-hydrogen) atoms. The zero-order chi connectivity index (χ0) is 25.0. The monoisotopic (exact) mass is 502 g/mol. The summed E-state index contributed by atoms with van der Waals surface area (Å²) in [4.78, 5) is 12.5. The predicted octanol–water partition coefficient (Wildman–Crippen LogP) is 3.49. The molecule has 0 saturated carbocycles. The molecule has 1 amide bonds. The number of nitrogens with zero attached hydrogens (tertiary/aromatic N) is 1. The molecule has 0 spiro atoms. The highest BCUT2D eigenvalue weighted by Gasteiger charge is 2.30. The lowest BCUT2D eigenvalue weighted by atomic mass is 10.1. The lowest BCUT2D eigenvalue weighted by Gasteiger charge is -2.27. The van der Waals surface area contributed by atoms with Crippen LogP contribution in [0.3, 0.4) is 0 Å². The van der Waals surface area contributed by atoms with Gasteiger partial charge in [-0.25, -0.2) is 17.2 Å². The largest absolute Gasteiger partial charge is 0.495 e. The van der Waals surface area contributed by atoms with Crippen LogP contribution in [0.4, 0.5) is 8.78 Å². The van der Waals surface area contributed by atoms with E-state index in [4.69, 9.17) is 9.47 Å². The number of amides is 1. The van der Waals surface area contributed by atoms with Crippen LogP contribution in [0.2, 0.25) is 0 Å². The normalized spacial score (nSPS) is 13.9. The quantitative estimate of drug-likeness (QED) is 0.484. The fourth-order valence-corrected chi connectivity index (χ4v) is 5.16. The first kappa shape index (κ1) is 24.8. The van der Waals surface area contributed by atoms with E-state index in [1.807, 2.05) is 0 Å². The Morgan fingerprint density at radius 2 is 1.51 bits per heavy atom. The van der Waals surface area contributed by atoms with Gasteiger partial charge in [0.15, 0.2) is 0 Å². The van der Waals surface area contributed by atoms with Crippen LogP contribution in [0.5, 0.6) is 5.75 Å². The predicted molar refractivity (Wildman–Crippen MR) is 124 cm³/mol. The van der Waals surface area contributed by atoms with Crippen LogP contribution in [0, 0.1) is 11.6 Å². The van der Waals surface area contributed by atoms with Gasteiger partial charge in [-0.1, -0.05) is 24.3 Å². The van der Waals surface area contributed by atoms with Gasteiger partial charge in [0.2, 0.25) is 10.0 Å². The fourth-order valence-electron chi connectivity index (χ4n) is 3.56. The molecular weight excluding hydrogens is 478 g/mol. The van der Waals surface area contributed by atoms with Crippen molar-refractivity contribution in [1.82, 2.24) is 9.62 Å². The van der Waals surface area contributed by atoms with Crippen LogP contribution in [0.25, 0.3) is 0 Å². The maximum absolute atomic E-state index is 13.9. The number of carbonyl (C=O) groups excluding carboxylic acids is 1. The molecule has 10 heteroatoms. The second kappa shape index (κ2) is 10.5. The van der Waals surface area contributed by atoms with Crippen LogP contribution < -0.4 is 10.1 Å². The van der Waals surface area contributed by atoms with E-state index in [0.717, 1.165) is 0 Å². The highest BCUT2D eigenvalue weighted by Crippen LogP contribution is 2.30. The first-order valence-electron chi connectivity index (χ1n) is 10.8. The van der Waals surface area contributed by atoms with Gasteiger partial charge in [0.1, 0.15) is 22.3 Å². The van der Waals surface area contributed by atoms with E-state index in [0.29, 0.717) is 24.3 Å². The summed E-state index contributed by atoms with van der Waals surface area (Å²) in [6.45, 7) is 0.629. The maximum Gasteiger partial charge on any atom is 0.251 e. The Morgan fingerprint density at radius 1 is 0.971 bits per heavy atom. The van der Waals surface area contributed by atoms with Gasteiger partial charge in [0.25, 0.3) is 5.91 Å². The first-order valence-corrected chi connectivity index (χ1v) is 12.3. The van der Waals surface area contributed by atoms with E-state index in [-0.39, 0.29) is 35.3 Å². The van der Waals surface area contributed by atoms with Crippen molar-refractivity contribution in [2.24, 2.45) is 0 Å². The SMILES string of the molecule is COc1ccc(C(=O)NC2COC2)cc1S(=O)(=O)N(Cc1ccc(F)cc1)Cc1ccc(F)cc1. The van der Waals surface area contributed by atoms with Crippen molar-refractivity contribution in [1.29, 1.82) is 0 Å². The summed E-state index contributed by atoms with van der Waals surface area (Å²) in [6.07, 6.45) is 0. The smallest absolute Gasteiger partial charge is 0.251 e. The minimum absolute atomic E-state index is 0.0664. The van der Waals surface area contributed by atoms with Gasteiger partial charge >= 0.3 is 0 Å². The van der Waals surface area contributed by atoms with E-state index < -0.39 is 27.6 Å². The van der Waals surface area contributed by atoms with Crippen molar-refractivity contribution in [2.75, 3.05) is 20.3 Å². The zero-order valence-electron chi connectivity index (χ0n) is 18.9. The molecule has 1 N–H and O–H groups in total. The summed E-state index contributed by atoms with van der Waals surface area (Å²) >= 11 is 0. The summed E-state index contributed by atoms with van der Waals surface area (Å²) in [5, 5.41) is 2.78. The highest BCUT2D eigenvalue weighted by molar-refractivity contribution is 7.89. The van der Waals surface area contributed by atoms with Crippen molar-refractivity contribution < 1.29 is 31.5 Å². The van der Waals surface area contributed by atoms with E-state index in [2.05, 4.69) is 5.32 Å². The molecule has 0 bridgehead atoms. The minimum Gasteiger partial charge on any atom is -0.495 e. The molecule has 4 rings (SSSR count). The number of rotatable bonds is 9. The Balaban J connectivity index is 1.71. The highest BCUT2D eigenvalue weighted by atomic mass is 32.2. The second-order valence-electron chi connectivity index (χ2n) is 8.10. The molecule has 1 saturated heterocycles. The molecule has 0 unspecified atom stereocenters. The summed E-state index contributed by atoms with van der Waals surface area (Å²) in [5.41, 5.74) is 1.25. The molecule has 3 aromatic rings. The van der Waals surface area contributed by atoms with Gasteiger partial charge in [0.05, 0.1) is 26.4 Å². The molecule has 0 aliphatic carbocycles. The lowest BCUT2D eigenvalue weighted by Crippen LogP contribution is -2.48. The Bertz CT molecular complexity index is 1250. The molecular formula is C25H24F2N2O5S. The zero-order valence-corrected chi connectivity index (χ0v) is 19.7. The van der Waals surface area contributed by atoms with Gasteiger partial charge < -0.3 is 14.8 Å². The molecule has 1 aliphatic heterocycles. The Hall–Kier alpha value is -3.34. The number of nitrogens with one attached hydrogen (secondary N) is 1. The van der Waals surface area contributed by atoms with Crippen LogP contribution in [-0.4, -0.2) is 45.0 Å². The van der Waals surface area contributed by atoms with Crippen LogP contribution in [0.1, 0.15) is 21.5 Å². The molecule has 1 fully saturated rings. The Kier molecular flexibility index (Phi) is 7.44. The summed E-state index contributed by atoms with van der Waals surface area (Å²) in [5.74, 6) is -1.25. The third-order valence-electron chi connectivity index (χ3n) is 5.56. The number of ether oxygens (including phenoxy) is 2. The van der Waals surface area contributed by atoms with Crippen LogP contribution in [-0.2, 0) is 27.8 Å². The van der Waals surface area contributed by atoms with E-state index in [9.17, 15) is 22.0 Å². The number of halogens is 2. The van der Waals surface area contributed by atoms with E-state index in [1.54, 1.807) is 0 Å². The van der Waals surface area contributed by atoms with E-state index >= 15 is 0 Å². The minimum atomic E-state index is -4.22. The topological polar surface area (TPSA) is 84.9 Å². The lowest BCUT2D eigenvalue weighted by molar-refractivity contribution is -0.00346. The fraction of sp³-hybridized carbons (Fsp3) is 0.240. The third kappa shape index (κ3) is 5.84. The third-order valence-corrected chi connectivity index (χ3v) is 7.37. The summed E-state index contributed by atoms with van der Waals surface area (Å²) in [6, 6.07) is 15.0. The van der Waals surface area contributed by atoms with Gasteiger partial charge in [0, 0.05) is 18.7 Å². The number of methoxy groups -OCH3 is 1. The number of carbonyl (C=O) groups is 1. The van der Waals surface area contributed by atoms with Crippen molar-refractivity contribution in [2.45, 2.75) is 24.0 Å². The molecule has 3 aromatic carbocycles. The number of hydrogen-bond acceptors (Lipinski definition) is 5. The molecule has 1 heterocycles. The van der Waals surface area contributed by atoms with Crippen molar-refractivity contribution in [3.8, 4) is 5.75 Å². The van der Waals surface area contributed by atoms with Gasteiger partial charge in [-0.15, -0.1) is 0 Å². The molecule has 184 valence electrons. The van der Waals surface area contributed by atoms with Gasteiger partial charge in [-0.2, -0.15) is 4.31 Å². The van der Waals surface area contributed by atoms with Crippen LogP contribution >= 0.6 is 0 Å². The van der Waals surface area contributed by atoms with Gasteiger partial charge in [-0.3, -0.25) is 4.79 Å². The maximum atomic E-state index is 13.9. The molecule has 1 aliphatic rings. The number of hydrogen-bond donors (Lipinski definition) is 1. The number of benzene rings is 3. The molecule has 0 radical (unpaired) electrons.